The molecule has 1 saturated heterocycles. The minimum absolute atomic E-state index is 0.339. The molecule has 0 spiro atoms. The normalized spacial score (nSPS) is 13.9. The number of nitrogens with one attached hydrogen (secondary N) is 3. The van der Waals surface area contributed by atoms with E-state index in [2.05, 4.69) is 15.6 Å². The van der Waals surface area contributed by atoms with Gasteiger partial charge in [0.1, 0.15) is 11.6 Å². The van der Waals surface area contributed by atoms with E-state index in [1.807, 2.05) is 44.2 Å². The number of rotatable bonds is 7. The molecule has 1 aliphatic rings. The third kappa shape index (κ3) is 5.96. The van der Waals surface area contributed by atoms with Gasteiger partial charge in [-0.25, -0.2) is 4.98 Å². The molecule has 3 N–H and O–H groups in total. The molecule has 0 radical (unpaired) electrons. The predicted molar refractivity (Wildman–Crippen MR) is 116 cm³/mol. The van der Waals surface area contributed by atoms with E-state index in [0.29, 0.717) is 18.3 Å². The van der Waals surface area contributed by atoms with E-state index in [1.165, 1.54) is 0 Å². The van der Waals surface area contributed by atoms with Crippen LogP contribution in [0.1, 0.15) is 44.7 Å². The van der Waals surface area contributed by atoms with Crippen molar-refractivity contribution in [1.82, 2.24) is 4.98 Å². The summed E-state index contributed by atoms with van der Waals surface area (Å²) in [5.74, 6) is 1.61. The number of aromatic nitrogens is 1. The van der Waals surface area contributed by atoms with Gasteiger partial charge >= 0.3 is 0 Å². The van der Waals surface area contributed by atoms with Crippen LogP contribution in [0.5, 0.6) is 5.75 Å². The Morgan fingerprint density at radius 1 is 1.18 bits per heavy atom. The number of ether oxygens (including phenoxy) is 2. The maximum atomic E-state index is 8.21. The number of hydrogen-bond acceptors (Lipinski definition) is 6. The molecule has 1 aromatic carbocycles. The standard InChI is InChI=1S/C20H26N4O2.C2H6/c1-14(21)19-18(23-13-15-3-5-17(25-2)6-4-15)7-10-22-20(19)24-16-8-11-26-12-9-16;1-2/h3-7,10,16,21H,8-9,11-13H2,1-2H3,(H2,22,23,24);1-2H3. The maximum absolute atomic E-state index is 8.21. The molecular weight excluding hydrogens is 352 g/mol. The van der Waals surface area contributed by atoms with Crippen molar-refractivity contribution >= 4 is 17.2 Å². The van der Waals surface area contributed by atoms with E-state index in [0.717, 1.165) is 54.4 Å². The molecule has 0 atom stereocenters. The molecule has 6 heteroatoms. The van der Waals surface area contributed by atoms with Gasteiger partial charge in [-0.1, -0.05) is 26.0 Å². The zero-order valence-electron chi connectivity index (χ0n) is 17.3. The molecule has 152 valence electrons. The Morgan fingerprint density at radius 3 is 2.46 bits per heavy atom. The summed E-state index contributed by atoms with van der Waals surface area (Å²) < 4.78 is 10.6. The Balaban J connectivity index is 0.00000136. The van der Waals surface area contributed by atoms with Crippen molar-refractivity contribution in [3.63, 3.8) is 0 Å². The highest BCUT2D eigenvalue weighted by Gasteiger charge is 2.18. The van der Waals surface area contributed by atoms with Crippen LogP contribution in [0.3, 0.4) is 0 Å². The summed E-state index contributed by atoms with van der Waals surface area (Å²) in [4.78, 5) is 4.48. The fourth-order valence-electron chi connectivity index (χ4n) is 3.07. The molecule has 2 aromatic rings. The van der Waals surface area contributed by atoms with Gasteiger partial charge in [-0.15, -0.1) is 0 Å². The van der Waals surface area contributed by atoms with Crippen LogP contribution in [0.2, 0.25) is 0 Å². The number of anilines is 2. The van der Waals surface area contributed by atoms with Crippen molar-refractivity contribution in [3.8, 4) is 5.75 Å². The summed E-state index contributed by atoms with van der Waals surface area (Å²) in [6.07, 6.45) is 3.70. The highest BCUT2D eigenvalue weighted by atomic mass is 16.5. The van der Waals surface area contributed by atoms with E-state index in [-0.39, 0.29) is 0 Å². The molecule has 0 bridgehead atoms. The monoisotopic (exact) mass is 384 g/mol. The summed E-state index contributed by atoms with van der Waals surface area (Å²) in [7, 11) is 1.66. The van der Waals surface area contributed by atoms with E-state index in [1.54, 1.807) is 20.2 Å². The smallest absolute Gasteiger partial charge is 0.137 e. The Bertz CT molecular complexity index is 741. The summed E-state index contributed by atoms with van der Waals surface area (Å²) >= 11 is 0. The lowest BCUT2D eigenvalue weighted by atomic mass is 10.1. The van der Waals surface area contributed by atoms with Gasteiger partial charge in [-0.3, -0.25) is 0 Å². The molecule has 1 aliphatic heterocycles. The Kier molecular flexibility index (Phi) is 8.75. The van der Waals surface area contributed by atoms with Gasteiger partial charge in [-0.2, -0.15) is 0 Å². The molecule has 0 saturated carbocycles. The van der Waals surface area contributed by atoms with Gasteiger partial charge in [0.15, 0.2) is 0 Å². The zero-order valence-corrected chi connectivity index (χ0v) is 17.3. The Hall–Kier alpha value is -2.60. The van der Waals surface area contributed by atoms with Crippen LogP contribution in [-0.4, -0.2) is 37.1 Å². The lowest BCUT2D eigenvalue weighted by Crippen LogP contribution is -2.29. The average Bonchev–Trinajstić information content (AvgIpc) is 2.74. The van der Waals surface area contributed by atoms with Crippen LogP contribution in [0.4, 0.5) is 11.5 Å². The molecule has 0 unspecified atom stereocenters. The molecule has 0 amide bonds. The van der Waals surface area contributed by atoms with Crippen molar-refractivity contribution in [2.24, 2.45) is 0 Å². The largest absolute Gasteiger partial charge is 0.497 e. The first-order valence-electron chi connectivity index (χ1n) is 9.93. The van der Waals surface area contributed by atoms with Crippen LogP contribution in [0, 0.1) is 5.41 Å². The van der Waals surface area contributed by atoms with E-state index >= 15 is 0 Å². The molecule has 1 aromatic heterocycles. The van der Waals surface area contributed by atoms with Crippen molar-refractivity contribution in [1.29, 1.82) is 5.41 Å². The lowest BCUT2D eigenvalue weighted by Gasteiger charge is -2.25. The average molecular weight is 385 g/mol. The summed E-state index contributed by atoms with van der Waals surface area (Å²) in [6, 6.07) is 10.2. The first kappa shape index (κ1) is 21.7. The number of pyridine rings is 1. The van der Waals surface area contributed by atoms with Gasteiger partial charge in [0, 0.05) is 43.4 Å². The number of benzene rings is 1. The molecular formula is C22H32N4O2. The lowest BCUT2D eigenvalue weighted by molar-refractivity contribution is 0.0904. The molecule has 0 aliphatic carbocycles. The molecule has 6 nitrogen and oxygen atoms in total. The van der Waals surface area contributed by atoms with Crippen molar-refractivity contribution in [3.05, 3.63) is 47.7 Å². The van der Waals surface area contributed by atoms with Crippen molar-refractivity contribution in [2.45, 2.75) is 46.2 Å². The Labute approximate surface area is 168 Å². The quantitative estimate of drug-likeness (QED) is 0.603. The zero-order chi connectivity index (χ0) is 20.4. The van der Waals surface area contributed by atoms with E-state index < -0.39 is 0 Å². The fourth-order valence-corrected chi connectivity index (χ4v) is 3.07. The van der Waals surface area contributed by atoms with Gasteiger partial charge in [0.2, 0.25) is 0 Å². The third-order valence-corrected chi connectivity index (χ3v) is 4.53. The van der Waals surface area contributed by atoms with Gasteiger partial charge in [0.25, 0.3) is 0 Å². The second-order valence-corrected chi connectivity index (χ2v) is 6.44. The minimum atomic E-state index is 0.339. The second-order valence-electron chi connectivity index (χ2n) is 6.44. The van der Waals surface area contributed by atoms with E-state index in [4.69, 9.17) is 14.9 Å². The summed E-state index contributed by atoms with van der Waals surface area (Å²) in [5.41, 5.74) is 3.38. The van der Waals surface area contributed by atoms with Crippen molar-refractivity contribution in [2.75, 3.05) is 31.0 Å². The van der Waals surface area contributed by atoms with Crippen LogP contribution >= 0.6 is 0 Å². The molecule has 2 heterocycles. The summed E-state index contributed by atoms with van der Waals surface area (Å²) in [6.45, 7) is 8.01. The van der Waals surface area contributed by atoms with Gasteiger partial charge in [0.05, 0.1) is 12.7 Å². The van der Waals surface area contributed by atoms with Crippen LogP contribution in [-0.2, 0) is 11.3 Å². The second kappa shape index (κ2) is 11.3. The SMILES string of the molecule is CC.COc1ccc(CNc2ccnc(NC3CCOCC3)c2C(C)=N)cc1. The van der Waals surface area contributed by atoms with Crippen LogP contribution < -0.4 is 15.4 Å². The van der Waals surface area contributed by atoms with Gasteiger partial charge < -0.3 is 25.5 Å². The van der Waals surface area contributed by atoms with Crippen molar-refractivity contribution < 1.29 is 9.47 Å². The number of nitrogens with zero attached hydrogens (tertiary/aromatic N) is 1. The minimum Gasteiger partial charge on any atom is -0.497 e. The summed E-state index contributed by atoms with van der Waals surface area (Å²) in [5, 5.41) is 15.1. The number of methoxy groups -OCH3 is 1. The Morgan fingerprint density at radius 2 is 1.86 bits per heavy atom. The number of hydrogen-bond donors (Lipinski definition) is 3. The molecule has 1 fully saturated rings. The van der Waals surface area contributed by atoms with E-state index in [9.17, 15) is 0 Å². The fraction of sp³-hybridized carbons (Fsp3) is 0.455. The topological polar surface area (TPSA) is 79.3 Å². The maximum Gasteiger partial charge on any atom is 0.137 e. The highest BCUT2D eigenvalue weighted by molar-refractivity contribution is 6.05. The van der Waals surface area contributed by atoms with Crippen LogP contribution in [0.15, 0.2) is 36.5 Å². The highest BCUT2D eigenvalue weighted by Crippen LogP contribution is 2.25. The van der Waals surface area contributed by atoms with Gasteiger partial charge in [-0.05, 0) is 43.5 Å². The molecule has 28 heavy (non-hydrogen) atoms. The van der Waals surface area contributed by atoms with Crippen LogP contribution in [0.25, 0.3) is 0 Å². The third-order valence-electron chi connectivity index (χ3n) is 4.53. The molecule has 3 rings (SSSR count). The first-order chi connectivity index (χ1) is 13.7. The first-order valence-corrected chi connectivity index (χ1v) is 9.93. The predicted octanol–water partition coefficient (Wildman–Crippen LogP) is 4.71.